The summed E-state index contributed by atoms with van der Waals surface area (Å²) >= 11 is 0. The number of sulfonamides is 1. The van der Waals surface area contributed by atoms with Crippen molar-refractivity contribution in [2.45, 2.75) is 5.75 Å². The van der Waals surface area contributed by atoms with Gasteiger partial charge in [0.2, 0.25) is 10.0 Å². The Morgan fingerprint density at radius 2 is 1.83 bits per heavy atom. The fraction of sp³-hybridized carbons (Fsp3) is 0.333. The monoisotopic (exact) mass is 295 g/mol. The first kappa shape index (κ1) is 16.8. The molecule has 0 aliphatic heterocycles. The lowest BCUT2D eigenvalue weighted by Crippen LogP contribution is -2.30. The van der Waals surface area contributed by atoms with Crippen molar-refractivity contribution in [1.29, 1.82) is 0 Å². The molecule has 102 valence electrons. The van der Waals surface area contributed by atoms with Gasteiger partial charge in [0.15, 0.2) is 0 Å². The highest BCUT2D eigenvalue weighted by Gasteiger charge is 2.11. The van der Waals surface area contributed by atoms with Gasteiger partial charge in [-0.15, -0.1) is 12.4 Å². The van der Waals surface area contributed by atoms with Gasteiger partial charge in [0.05, 0.1) is 10.7 Å². The van der Waals surface area contributed by atoms with Crippen LogP contribution < -0.4 is 10.5 Å². The zero-order valence-corrected chi connectivity index (χ0v) is 11.0. The van der Waals surface area contributed by atoms with E-state index in [1.807, 2.05) is 0 Å². The topological polar surface area (TPSA) is 115 Å². The number of rotatable bonds is 6. The van der Waals surface area contributed by atoms with Crippen LogP contribution in [0.5, 0.6) is 0 Å². The lowest BCUT2D eigenvalue weighted by Gasteiger charge is -2.05. The Kier molecular flexibility index (Phi) is 6.77. The van der Waals surface area contributed by atoms with E-state index >= 15 is 0 Å². The molecule has 18 heavy (non-hydrogen) atoms. The van der Waals surface area contributed by atoms with Gasteiger partial charge in [-0.2, -0.15) is 0 Å². The van der Waals surface area contributed by atoms with Gasteiger partial charge in [0.1, 0.15) is 0 Å². The molecule has 7 nitrogen and oxygen atoms in total. The van der Waals surface area contributed by atoms with Crippen LogP contribution in [0.4, 0.5) is 5.69 Å². The number of nitrogens with zero attached hydrogens (tertiary/aromatic N) is 1. The van der Waals surface area contributed by atoms with Crippen molar-refractivity contribution in [3.63, 3.8) is 0 Å². The van der Waals surface area contributed by atoms with E-state index in [9.17, 15) is 18.5 Å². The molecule has 0 aromatic heterocycles. The predicted octanol–water partition coefficient (Wildman–Crippen LogP) is 0.395. The molecule has 0 saturated heterocycles. The van der Waals surface area contributed by atoms with Crippen molar-refractivity contribution in [2.75, 3.05) is 13.1 Å². The van der Waals surface area contributed by atoms with Crippen LogP contribution in [0, 0.1) is 10.1 Å². The summed E-state index contributed by atoms with van der Waals surface area (Å²) in [6.45, 7) is 0.398. The Morgan fingerprint density at radius 1 is 1.28 bits per heavy atom. The van der Waals surface area contributed by atoms with Crippen molar-refractivity contribution in [3.05, 3.63) is 39.9 Å². The van der Waals surface area contributed by atoms with E-state index in [1.165, 1.54) is 24.3 Å². The minimum atomic E-state index is -3.43. The number of hydrogen-bond acceptors (Lipinski definition) is 5. The molecular formula is C9H14ClN3O4S. The molecule has 9 heteroatoms. The maximum absolute atomic E-state index is 11.5. The molecule has 0 aliphatic rings. The Balaban J connectivity index is 0.00000289. The van der Waals surface area contributed by atoms with E-state index in [1.54, 1.807) is 0 Å². The first-order valence-electron chi connectivity index (χ1n) is 4.85. The van der Waals surface area contributed by atoms with Gasteiger partial charge < -0.3 is 5.73 Å². The van der Waals surface area contributed by atoms with E-state index in [4.69, 9.17) is 5.73 Å². The molecule has 0 unspecified atom stereocenters. The van der Waals surface area contributed by atoms with Crippen LogP contribution in [0.15, 0.2) is 24.3 Å². The van der Waals surface area contributed by atoms with Gasteiger partial charge in [-0.1, -0.05) is 12.1 Å². The summed E-state index contributed by atoms with van der Waals surface area (Å²) in [5, 5.41) is 10.4. The van der Waals surface area contributed by atoms with E-state index in [-0.39, 0.29) is 36.9 Å². The SMILES string of the molecule is Cl.NCCNS(=O)(=O)Cc1ccc([N+](=O)[O-])cc1. The van der Waals surface area contributed by atoms with Crippen molar-refractivity contribution in [3.8, 4) is 0 Å². The highest BCUT2D eigenvalue weighted by atomic mass is 35.5. The Morgan fingerprint density at radius 3 is 2.28 bits per heavy atom. The summed E-state index contributed by atoms with van der Waals surface area (Å²) in [6.07, 6.45) is 0. The molecule has 0 spiro atoms. The fourth-order valence-electron chi connectivity index (χ4n) is 1.20. The van der Waals surface area contributed by atoms with Crippen LogP contribution in [-0.2, 0) is 15.8 Å². The minimum Gasteiger partial charge on any atom is -0.329 e. The van der Waals surface area contributed by atoms with Gasteiger partial charge in [-0.25, -0.2) is 13.1 Å². The summed E-state index contributed by atoms with van der Waals surface area (Å²) in [6, 6.07) is 5.38. The summed E-state index contributed by atoms with van der Waals surface area (Å²) in [5.74, 6) is -0.217. The molecular weight excluding hydrogens is 282 g/mol. The molecule has 1 aromatic rings. The van der Waals surface area contributed by atoms with Gasteiger partial charge in [-0.05, 0) is 5.56 Å². The Labute approximate surface area is 111 Å². The van der Waals surface area contributed by atoms with E-state index in [2.05, 4.69) is 4.72 Å². The molecule has 0 radical (unpaired) electrons. The molecule has 0 saturated carbocycles. The highest BCUT2D eigenvalue weighted by Crippen LogP contribution is 2.13. The van der Waals surface area contributed by atoms with Crippen LogP contribution in [0.25, 0.3) is 0 Å². The van der Waals surface area contributed by atoms with Crippen molar-refractivity contribution < 1.29 is 13.3 Å². The minimum absolute atomic E-state index is 0. The molecule has 0 bridgehead atoms. The van der Waals surface area contributed by atoms with E-state index in [0.717, 1.165) is 0 Å². The van der Waals surface area contributed by atoms with Gasteiger partial charge in [0, 0.05) is 25.2 Å². The second kappa shape index (κ2) is 7.27. The third-order valence-corrected chi connectivity index (χ3v) is 3.33. The first-order valence-corrected chi connectivity index (χ1v) is 6.50. The molecule has 0 aliphatic carbocycles. The molecule has 0 fully saturated rings. The Hall–Kier alpha value is -1.22. The number of nitrogens with two attached hydrogens (primary N) is 1. The lowest BCUT2D eigenvalue weighted by atomic mass is 10.2. The molecule has 0 heterocycles. The summed E-state index contributed by atoms with van der Waals surface area (Å²) in [7, 11) is -3.43. The normalized spacial score (nSPS) is 10.7. The second-order valence-electron chi connectivity index (χ2n) is 3.37. The number of nitrogens with one attached hydrogen (secondary N) is 1. The van der Waals surface area contributed by atoms with Crippen molar-refractivity contribution >= 4 is 28.1 Å². The van der Waals surface area contributed by atoms with Crippen molar-refractivity contribution in [1.82, 2.24) is 4.72 Å². The number of non-ortho nitro benzene ring substituents is 1. The van der Waals surface area contributed by atoms with E-state index in [0.29, 0.717) is 5.56 Å². The van der Waals surface area contributed by atoms with Crippen LogP contribution in [-0.4, -0.2) is 26.4 Å². The van der Waals surface area contributed by atoms with E-state index < -0.39 is 14.9 Å². The maximum atomic E-state index is 11.5. The average Bonchev–Trinajstić information content (AvgIpc) is 2.26. The average molecular weight is 296 g/mol. The molecule has 1 aromatic carbocycles. The summed E-state index contributed by atoms with van der Waals surface area (Å²) < 4.78 is 25.3. The zero-order chi connectivity index (χ0) is 12.9. The quantitative estimate of drug-likeness (QED) is 0.582. The number of halogens is 1. The van der Waals surface area contributed by atoms with Crippen LogP contribution in [0.3, 0.4) is 0 Å². The van der Waals surface area contributed by atoms with Gasteiger partial charge >= 0.3 is 0 Å². The highest BCUT2D eigenvalue weighted by molar-refractivity contribution is 7.88. The van der Waals surface area contributed by atoms with Gasteiger partial charge in [-0.3, -0.25) is 10.1 Å². The number of hydrogen-bond donors (Lipinski definition) is 2. The summed E-state index contributed by atoms with van der Waals surface area (Å²) in [4.78, 5) is 9.86. The number of benzene rings is 1. The number of nitro benzene ring substituents is 1. The van der Waals surface area contributed by atoms with Crippen molar-refractivity contribution in [2.24, 2.45) is 5.73 Å². The smallest absolute Gasteiger partial charge is 0.269 e. The van der Waals surface area contributed by atoms with Gasteiger partial charge in [0.25, 0.3) is 5.69 Å². The molecule has 3 N–H and O–H groups in total. The summed E-state index contributed by atoms with van der Waals surface area (Å²) in [5.41, 5.74) is 5.60. The second-order valence-corrected chi connectivity index (χ2v) is 5.17. The van der Waals surface area contributed by atoms with Crippen LogP contribution in [0.1, 0.15) is 5.56 Å². The molecule has 0 atom stereocenters. The van der Waals surface area contributed by atoms with Crippen LogP contribution >= 0.6 is 12.4 Å². The Bertz CT molecular complexity index is 489. The maximum Gasteiger partial charge on any atom is 0.269 e. The molecule has 1 rings (SSSR count). The predicted molar refractivity (Wildman–Crippen MR) is 70.0 cm³/mol. The first-order chi connectivity index (χ1) is 7.94. The van der Waals surface area contributed by atoms with Crippen LogP contribution in [0.2, 0.25) is 0 Å². The third-order valence-electron chi connectivity index (χ3n) is 1.97. The zero-order valence-electron chi connectivity index (χ0n) is 9.40. The lowest BCUT2D eigenvalue weighted by molar-refractivity contribution is -0.384. The third kappa shape index (κ3) is 5.41. The fourth-order valence-corrected chi connectivity index (χ4v) is 2.36. The number of nitro groups is 1. The largest absolute Gasteiger partial charge is 0.329 e. The molecule has 0 amide bonds. The standard InChI is InChI=1S/C9H13N3O4S.ClH/c10-5-6-11-17(15,16)7-8-1-3-9(4-2-8)12(13)14;/h1-4,11H,5-7,10H2;1H.